The average molecular weight is 396 g/mol. The van der Waals surface area contributed by atoms with Crippen molar-refractivity contribution in [2.45, 2.75) is 26.3 Å². The van der Waals surface area contributed by atoms with E-state index in [0.717, 1.165) is 24.2 Å². The Morgan fingerprint density at radius 1 is 1.17 bits per heavy atom. The number of benzene rings is 1. The highest BCUT2D eigenvalue weighted by Crippen LogP contribution is 2.40. The predicted octanol–water partition coefficient (Wildman–Crippen LogP) is 2.41. The van der Waals surface area contributed by atoms with Gasteiger partial charge in [0.15, 0.2) is 0 Å². The standard InChI is InChI=1S/C22H28N4O3/c1-14-17(15(2)25(5)23-14)20(27)18-19(16-10-7-6-8-11-16)26(22(29)21(18)28)13-9-12-24(3)4/h6-8,10-11,19,27H,9,12-13H2,1-5H3. The lowest BCUT2D eigenvalue weighted by Gasteiger charge is -2.26. The van der Waals surface area contributed by atoms with Crippen molar-refractivity contribution in [3.8, 4) is 0 Å². The molecule has 1 unspecified atom stereocenters. The van der Waals surface area contributed by atoms with Gasteiger partial charge in [-0.05, 0) is 46.5 Å². The lowest BCUT2D eigenvalue weighted by atomic mass is 9.94. The lowest BCUT2D eigenvalue weighted by Crippen LogP contribution is -2.32. The number of nitrogens with zero attached hydrogens (tertiary/aromatic N) is 4. The second-order valence-corrected chi connectivity index (χ2v) is 7.73. The molecule has 1 aliphatic rings. The molecule has 0 saturated carbocycles. The van der Waals surface area contributed by atoms with Crippen LogP contribution in [0.3, 0.4) is 0 Å². The molecule has 154 valence electrons. The molecule has 1 amide bonds. The number of hydrogen-bond acceptors (Lipinski definition) is 5. The van der Waals surface area contributed by atoms with Crippen LogP contribution >= 0.6 is 0 Å². The number of aromatic nitrogens is 2. The van der Waals surface area contributed by atoms with Gasteiger partial charge in [0.25, 0.3) is 11.7 Å². The molecule has 1 aromatic carbocycles. The highest BCUT2D eigenvalue weighted by Gasteiger charge is 2.46. The van der Waals surface area contributed by atoms with Gasteiger partial charge >= 0.3 is 0 Å². The summed E-state index contributed by atoms with van der Waals surface area (Å²) in [5.74, 6) is -1.38. The summed E-state index contributed by atoms with van der Waals surface area (Å²) in [5.41, 5.74) is 2.81. The van der Waals surface area contributed by atoms with E-state index in [2.05, 4.69) is 5.10 Å². The first-order chi connectivity index (χ1) is 13.7. The van der Waals surface area contributed by atoms with E-state index in [1.807, 2.05) is 56.3 Å². The molecule has 0 aliphatic carbocycles. The van der Waals surface area contributed by atoms with E-state index >= 15 is 0 Å². The third-order valence-corrected chi connectivity index (χ3v) is 5.41. The van der Waals surface area contributed by atoms with Crippen LogP contribution in [0.2, 0.25) is 0 Å². The molecule has 1 fully saturated rings. The Morgan fingerprint density at radius 3 is 2.38 bits per heavy atom. The highest BCUT2D eigenvalue weighted by atomic mass is 16.3. The van der Waals surface area contributed by atoms with Crippen molar-refractivity contribution in [1.29, 1.82) is 0 Å². The Balaban J connectivity index is 2.13. The summed E-state index contributed by atoms with van der Waals surface area (Å²) in [7, 11) is 5.72. The number of carbonyl (C=O) groups is 2. The van der Waals surface area contributed by atoms with Crippen LogP contribution in [0, 0.1) is 13.8 Å². The van der Waals surface area contributed by atoms with E-state index in [-0.39, 0.29) is 11.3 Å². The number of aliphatic hydroxyl groups excluding tert-OH is 1. The maximum Gasteiger partial charge on any atom is 0.295 e. The summed E-state index contributed by atoms with van der Waals surface area (Å²) < 4.78 is 1.66. The molecular weight excluding hydrogens is 368 g/mol. The van der Waals surface area contributed by atoms with E-state index in [4.69, 9.17) is 0 Å². The second-order valence-electron chi connectivity index (χ2n) is 7.73. The van der Waals surface area contributed by atoms with Gasteiger partial charge in [-0.15, -0.1) is 0 Å². The zero-order chi connectivity index (χ0) is 21.3. The van der Waals surface area contributed by atoms with Gasteiger partial charge in [0, 0.05) is 19.3 Å². The van der Waals surface area contributed by atoms with Gasteiger partial charge in [-0.25, -0.2) is 0 Å². The zero-order valence-corrected chi connectivity index (χ0v) is 17.6. The van der Waals surface area contributed by atoms with Gasteiger partial charge in [0.2, 0.25) is 0 Å². The van der Waals surface area contributed by atoms with Crippen LogP contribution < -0.4 is 0 Å². The van der Waals surface area contributed by atoms with Gasteiger partial charge in [-0.1, -0.05) is 30.3 Å². The lowest BCUT2D eigenvalue weighted by molar-refractivity contribution is -0.139. The first-order valence-corrected chi connectivity index (χ1v) is 9.72. The molecule has 7 nitrogen and oxygen atoms in total. The summed E-state index contributed by atoms with van der Waals surface area (Å²) in [5, 5.41) is 15.5. The molecule has 1 atom stereocenters. The van der Waals surface area contributed by atoms with Crippen LogP contribution in [-0.4, -0.2) is 63.6 Å². The van der Waals surface area contributed by atoms with Gasteiger partial charge in [0.05, 0.1) is 22.9 Å². The zero-order valence-electron chi connectivity index (χ0n) is 17.6. The number of aliphatic hydroxyl groups is 1. The van der Waals surface area contributed by atoms with Crippen LogP contribution in [0.25, 0.3) is 5.76 Å². The van der Waals surface area contributed by atoms with Crippen molar-refractivity contribution in [2.75, 3.05) is 27.2 Å². The molecular formula is C22H28N4O3. The number of amides is 1. The Hall–Kier alpha value is -2.93. The molecule has 1 N–H and O–H groups in total. The summed E-state index contributed by atoms with van der Waals surface area (Å²) in [4.78, 5) is 29.5. The Labute approximate surface area is 171 Å². The topological polar surface area (TPSA) is 78.7 Å². The number of ketones is 1. The van der Waals surface area contributed by atoms with Crippen molar-refractivity contribution < 1.29 is 14.7 Å². The second kappa shape index (κ2) is 8.21. The summed E-state index contributed by atoms with van der Waals surface area (Å²) in [6.07, 6.45) is 0.730. The minimum absolute atomic E-state index is 0.130. The van der Waals surface area contributed by atoms with Crippen molar-refractivity contribution in [3.05, 3.63) is 58.4 Å². The Morgan fingerprint density at radius 2 is 1.83 bits per heavy atom. The van der Waals surface area contributed by atoms with Crippen LogP contribution in [-0.2, 0) is 16.6 Å². The monoisotopic (exact) mass is 396 g/mol. The molecule has 29 heavy (non-hydrogen) atoms. The Kier molecular flexibility index (Phi) is 5.88. The van der Waals surface area contributed by atoms with Crippen molar-refractivity contribution in [1.82, 2.24) is 19.6 Å². The van der Waals surface area contributed by atoms with Crippen LogP contribution in [0.15, 0.2) is 35.9 Å². The molecule has 1 aromatic heterocycles. The van der Waals surface area contributed by atoms with E-state index in [1.54, 1.807) is 23.6 Å². The van der Waals surface area contributed by atoms with Crippen molar-refractivity contribution in [2.24, 2.45) is 7.05 Å². The normalized spacial score (nSPS) is 18.8. The average Bonchev–Trinajstić information content (AvgIpc) is 3.08. The fourth-order valence-electron chi connectivity index (χ4n) is 3.90. The maximum absolute atomic E-state index is 13.0. The molecule has 1 aliphatic heterocycles. The smallest absolute Gasteiger partial charge is 0.295 e. The van der Waals surface area contributed by atoms with Gasteiger partial charge < -0.3 is 14.9 Å². The van der Waals surface area contributed by atoms with Crippen molar-refractivity contribution >= 4 is 17.4 Å². The molecule has 2 aromatic rings. The van der Waals surface area contributed by atoms with Crippen LogP contribution in [0.1, 0.15) is 35.0 Å². The quantitative estimate of drug-likeness (QED) is 0.461. The number of carbonyl (C=O) groups excluding carboxylic acids is 2. The minimum Gasteiger partial charge on any atom is -0.507 e. The molecule has 1 saturated heterocycles. The third-order valence-electron chi connectivity index (χ3n) is 5.41. The number of rotatable bonds is 6. The van der Waals surface area contributed by atoms with Crippen LogP contribution in [0.4, 0.5) is 0 Å². The summed E-state index contributed by atoms with van der Waals surface area (Å²) in [6.45, 7) is 4.85. The predicted molar refractivity (Wildman–Crippen MR) is 111 cm³/mol. The highest BCUT2D eigenvalue weighted by molar-refractivity contribution is 6.46. The number of aryl methyl sites for hydroxylation is 2. The summed E-state index contributed by atoms with van der Waals surface area (Å²) in [6, 6.07) is 8.78. The molecule has 0 spiro atoms. The third kappa shape index (κ3) is 3.82. The number of hydrogen-bond donors (Lipinski definition) is 1. The molecule has 0 bridgehead atoms. The fraction of sp³-hybridized carbons (Fsp3) is 0.409. The molecule has 0 radical (unpaired) electrons. The van der Waals surface area contributed by atoms with Gasteiger partial charge in [-0.3, -0.25) is 14.3 Å². The number of likely N-dealkylation sites (tertiary alicyclic amines) is 1. The van der Waals surface area contributed by atoms with Gasteiger partial charge in [0.1, 0.15) is 5.76 Å². The van der Waals surface area contributed by atoms with Crippen LogP contribution in [0.5, 0.6) is 0 Å². The first-order valence-electron chi connectivity index (χ1n) is 9.72. The Bertz CT molecular complexity index is 960. The van der Waals surface area contributed by atoms with Gasteiger partial charge in [-0.2, -0.15) is 5.10 Å². The molecule has 3 rings (SSSR count). The molecule has 7 heteroatoms. The summed E-state index contributed by atoms with van der Waals surface area (Å²) >= 11 is 0. The molecule has 2 heterocycles. The van der Waals surface area contributed by atoms with Crippen molar-refractivity contribution in [3.63, 3.8) is 0 Å². The minimum atomic E-state index is -0.649. The largest absolute Gasteiger partial charge is 0.507 e. The van der Waals surface area contributed by atoms with E-state index in [0.29, 0.717) is 17.8 Å². The number of Topliss-reactive ketones (excluding diaryl/α,β-unsaturated/α-hetero) is 1. The van der Waals surface area contributed by atoms with E-state index in [1.165, 1.54) is 0 Å². The maximum atomic E-state index is 13.0. The van der Waals surface area contributed by atoms with E-state index < -0.39 is 17.7 Å². The fourth-order valence-corrected chi connectivity index (χ4v) is 3.90. The SMILES string of the molecule is Cc1nn(C)c(C)c1C(O)=C1C(=O)C(=O)N(CCCN(C)C)C1c1ccccc1. The van der Waals surface area contributed by atoms with E-state index in [9.17, 15) is 14.7 Å². The first kappa shape index (κ1) is 20.8.